The van der Waals surface area contributed by atoms with Gasteiger partial charge >= 0.3 is 0 Å². The first kappa shape index (κ1) is 13.7. The Hall–Kier alpha value is -2.28. The van der Waals surface area contributed by atoms with Crippen LogP contribution in [0.15, 0.2) is 47.3 Å². The van der Waals surface area contributed by atoms with E-state index in [0.717, 1.165) is 0 Å². The molecule has 21 heavy (non-hydrogen) atoms. The van der Waals surface area contributed by atoms with Crippen LogP contribution in [0, 0.1) is 11.3 Å². The zero-order valence-electron chi connectivity index (χ0n) is 10.7. The van der Waals surface area contributed by atoms with E-state index in [2.05, 4.69) is 11.1 Å². The molecule has 0 unspecified atom stereocenters. The molecule has 0 radical (unpaired) electrons. The van der Waals surface area contributed by atoms with E-state index < -0.39 is 0 Å². The molecule has 102 valence electrons. The highest BCUT2D eigenvalue weighted by atomic mass is 35.5. The number of nitrogens with one attached hydrogen (secondary N) is 1. The fourth-order valence-corrected chi connectivity index (χ4v) is 2.56. The van der Waals surface area contributed by atoms with Gasteiger partial charge in [0.05, 0.1) is 22.8 Å². The van der Waals surface area contributed by atoms with Crippen molar-refractivity contribution in [3.63, 3.8) is 0 Å². The maximum atomic E-state index is 12.2. The molecule has 0 spiro atoms. The Morgan fingerprint density at radius 2 is 1.86 bits per heavy atom. The van der Waals surface area contributed by atoms with Crippen molar-refractivity contribution in [1.29, 1.82) is 5.26 Å². The van der Waals surface area contributed by atoms with E-state index in [1.165, 1.54) is 6.07 Å². The van der Waals surface area contributed by atoms with E-state index in [0.29, 0.717) is 37.8 Å². The zero-order chi connectivity index (χ0) is 15.0. The summed E-state index contributed by atoms with van der Waals surface area (Å²) in [5, 5.41) is 10.5. The number of aromatic nitrogens is 1. The van der Waals surface area contributed by atoms with Gasteiger partial charge in [0.15, 0.2) is 5.43 Å². The smallest absolute Gasteiger partial charge is 0.190 e. The van der Waals surface area contributed by atoms with E-state index in [9.17, 15) is 4.79 Å². The number of fused-ring (bicyclic) bond motifs is 1. The fraction of sp³-hybridized carbons (Fsp3) is 0. The molecule has 0 amide bonds. The van der Waals surface area contributed by atoms with Gasteiger partial charge in [-0.15, -0.1) is 0 Å². The monoisotopic (exact) mass is 314 g/mol. The fourth-order valence-electron chi connectivity index (χ4n) is 2.17. The molecule has 0 bridgehead atoms. The van der Waals surface area contributed by atoms with Crippen LogP contribution in [0.5, 0.6) is 0 Å². The van der Waals surface area contributed by atoms with E-state index >= 15 is 0 Å². The van der Waals surface area contributed by atoms with Gasteiger partial charge in [0.1, 0.15) is 0 Å². The highest BCUT2D eigenvalue weighted by molar-refractivity contribution is 6.33. The normalized spacial score (nSPS) is 10.5. The number of rotatable bonds is 1. The van der Waals surface area contributed by atoms with Crippen molar-refractivity contribution in [2.75, 3.05) is 0 Å². The minimum absolute atomic E-state index is 0.131. The van der Waals surface area contributed by atoms with Crippen LogP contribution in [0.2, 0.25) is 10.0 Å². The van der Waals surface area contributed by atoms with Crippen molar-refractivity contribution < 1.29 is 0 Å². The summed E-state index contributed by atoms with van der Waals surface area (Å²) < 4.78 is 0. The van der Waals surface area contributed by atoms with E-state index in [-0.39, 0.29) is 5.43 Å². The second-order valence-electron chi connectivity index (χ2n) is 4.54. The van der Waals surface area contributed by atoms with Crippen molar-refractivity contribution in [2.24, 2.45) is 0 Å². The highest BCUT2D eigenvalue weighted by Gasteiger charge is 2.09. The lowest BCUT2D eigenvalue weighted by Gasteiger charge is -2.07. The van der Waals surface area contributed by atoms with Gasteiger partial charge in [-0.3, -0.25) is 4.79 Å². The molecule has 0 aliphatic carbocycles. The molecule has 5 heteroatoms. The summed E-state index contributed by atoms with van der Waals surface area (Å²) in [4.78, 5) is 15.3. The molecule has 2 aromatic carbocycles. The van der Waals surface area contributed by atoms with Crippen molar-refractivity contribution in [3.05, 3.63) is 68.3 Å². The Morgan fingerprint density at radius 1 is 1.05 bits per heavy atom. The molecular weight excluding hydrogens is 307 g/mol. The molecule has 1 heterocycles. The summed E-state index contributed by atoms with van der Waals surface area (Å²) in [5.41, 5.74) is 2.13. The molecule has 0 saturated heterocycles. The molecule has 0 saturated carbocycles. The SMILES string of the molecule is N#Cc1ccc(Cl)c(-c2cc(=O)c3ccc(Cl)cc3[nH]2)c1. The summed E-state index contributed by atoms with van der Waals surface area (Å²) in [5.74, 6) is 0. The van der Waals surface area contributed by atoms with Crippen molar-refractivity contribution in [3.8, 4) is 17.3 Å². The topological polar surface area (TPSA) is 56.6 Å². The lowest BCUT2D eigenvalue weighted by atomic mass is 10.1. The number of aromatic amines is 1. The van der Waals surface area contributed by atoms with Crippen molar-refractivity contribution in [1.82, 2.24) is 4.98 Å². The standard InChI is InChI=1S/C16H8Cl2N2O/c17-10-2-3-11-14(6-10)20-15(7-16(11)21)12-5-9(8-19)1-4-13(12)18/h1-7H,(H,20,21). The number of hydrogen-bond donors (Lipinski definition) is 1. The third-order valence-corrected chi connectivity index (χ3v) is 3.74. The minimum atomic E-state index is -0.131. The summed E-state index contributed by atoms with van der Waals surface area (Å²) in [7, 11) is 0. The van der Waals surface area contributed by atoms with E-state index in [4.69, 9.17) is 28.5 Å². The highest BCUT2D eigenvalue weighted by Crippen LogP contribution is 2.28. The second kappa shape index (κ2) is 5.25. The number of nitriles is 1. The summed E-state index contributed by atoms with van der Waals surface area (Å²) in [6.07, 6.45) is 0. The lowest BCUT2D eigenvalue weighted by Crippen LogP contribution is -2.03. The van der Waals surface area contributed by atoms with Crippen molar-refractivity contribution >= 4 is 34.1 Å². The number of benzene rings is 2. The lowest BCUT2D eigenvalue weighted by molar-refractivity contribution is 1.37. The molecule has 1 N–H and O–H groups in total. The number of halogens is 2. The van der Waals surface area contributed by atoms with Gasteiger partial charge in [0, 0.05) is 27.1 Å². The molecule has 3 nitrogen and oxygen atoms in total. The maximum Gasteiger partial charge on any atom is 0.190 e. The van der Waals surface area contributed by atoms with Gasteiger partial charge in [-0.2, -0.15) is 5.26 Å². The van der Waals surface area contributed by atoms with Gasteiger partial charge in [0.25, 0.3) is 0 Å². The van der Waals surface area contributed by atoms with Crippen molar-refractivity contribution in [2.45, 2.75) is 0 Å². The summed E-state index contributed by atoms with van der Waals surface area (Å²) >= 11 is 12.1. The molecule has 0 aliphatic rings. The maximum absolute atomic E-state index is 12.2. The average molecular weight is 315 g/mol. The quantitative estimate of drug-likeness (QED) is 0.725. The number of H-pyrrole nitrogens is 1. The molecule has 0 atom stereocenters. The van der Waals surface area contributed by atoms with Crippen LogP contribution in [-0.2, 0) is 0 Å². The van der Waals surface area contributed by atoms with Gasteiger partial charge in [-0.1, -0.05) is 23.2 Å². The van der Waals surface area contributed by atoms with Gasteiger partial charge in [0.2, 0.25) is 0 Å². The Morgan fingerprint density at radius 3 is 2.62 bits per heavy atom. The van der Waals surface area contributed by atoms with E-state index in [1.807, 2.05) is 0 Å². The molecule has 0 fully saturated rings. The number of pyridine rings is 1. The van der Waals surface area contributed by atoms with Crippen LogP contribution >= 0.6 is 23.2 Å². The third-order valence-electron chi connectivity index (χ3n) is 3.18. The first-order valence-corrected chi connectivity index (χ1v) is 6.87. The third kappa shape index (κ3) is 2.52. The molecule has 0 aliphatic heterocycles. The molecule has 3 aromatic rings. The van der Waals surface area contributed by atoms with Gasteiger partial charge < -0.3 is 4.98 Å². The minimum Gasteiger partial charge on any atom is -0.354 e. The molecular formula is C16H8Cl2N2O. The second-order valence-corrected chi connectivity index (χ2v) is 5.39. The van der Waals surface area contributed by atoms with E-state index in [1.54, 1.807) is 36.4 Å². The number of hydrogen-bond acceptors (Lipinski definition) is 2. The Balaban J connectivity index is 2.31. The van der Waals surface area contributed by atoms with Crippen LogP contribution in [0.1, 0.15) is 5.56 Å². The molecule has 3 rings (SSSR count). The van der Waals surface area contributed by atoms with Crippen LogP contribution < -0.4 is 5.43 Å². The van der Waals surface area contributed by atoms with Crippen LogP contribution in [0.25, 0.3) is 22.2 Å². The van der Waals surface area contributed by atoms with Gasteiger partial charge in [-0.25, -0.2) is 0 Å². The predicted octanol–water partition coefficient (Wildman–Crippen LogP) is 4.37. The summed E-state index contributed by atoms with van der Waals surface area (Å²) in [6, 6.07) is 13.5. The van der Waals surface area contributed by atoms with Crippen LogP contribution in [-0.4, -0.2) is 4.98 Å². The average Bonchev–Trinajstić information content (AvgIpc) is 2.47. The Kier molecular flexibility index (Phi) is 3.42. The molecule has 1 aromatic heterocycles. The van der Waals surface area contributed by atoms with Crippen LogP contribution in [0.4, 0.5) is 0 Å². The zero-order valence-corrected chi connectivity index (χ0v) is 12.2. The van der Waals surface area contributed by atoms with Crippen LogP contribution in [0.3, 0.4) is 0 Å². The first-order valence-electron chi connectivity index (χ1n) is 6.11. The predicted molar refractivity (Wildman–Crippen MR) is 84.7 cm³/mol. The summed E-state index contributed by atoms with van der Waals surface area (Å²) in [6.45, 7) is 0. The Labute approximate surface area is 130 Å². The largest absolute Gasteiger partial charge is 0.354 e. The first-order chi connectivity index (χ1) is 10.1. The van der Waals surface area contributed by atoms with Gasteiger partial charge in [-0.05, 0) is 36.4 Å². The Bertz CT molecular complexity index is 955. The number of nitrogens with zero attached hydrogens (tertiary/aromatic N) is 1.